The molecule has 10 nitrogen and oxygen atoms in total. The van der Waals surface area contributed by atoms with Crippen LogP contribution in [0.1, 0.15) is 33.4 Å². The quantitative estimate of drug-likeness (QED) is 0.0983. The van der Waals surface area contributed by atoms with E-state index in [9.17, 15) is 0 Å². The lowest BCUT2D eigenvalue weighted by atomic mass is 9.99. The monoisotopic (exact) mass is 1000 g/mol. The second-order valence-corrected chi connectivity index (χ2v) is 18.2. The lowest BCUT2D eigenvalue weighted by Gasteiger charge is -2.26. The van der Waals surface area contributed by atoms with Gasteiger partial charge in [0, 0.05) is 45.1 Å². The highest BCUT2D eigenvalue weighted by atomic mass is 32.1. The third-order valence-electron chi connectivity index (χ3n) is 12.1. The Morgan fingerprint density at radius 3 is 1.27 bits per heavy atom. The summed E-state index contributed by atoms with van der Waals surface area (Å²) in [6, 6.07) is 53.4. The van der Waals surface area contributed by atoms with E-state index in [1.165, 1.54) is 24.3 Å². The fraction of sp³-hybridized carbons (Fsp3) is 0.0667. The summed E-state index contributed by atoms with van der Waals surface area (Å²) in [5.41, 5.74) is 15.0. The predicted octanol–water partition coefficient (Wildman–Crippen LogP) is 16.7. The maximum atomic E-state index is 15.8. The lowest BCUT2D eigenvalue weighted by Crippen LogP contribution is -2.11. The molecule has 0 unspecified atom stereocenters. The Morgan fingerprint density at radius 2 is 0.851 bits per heavy atom. The number of halogens is 2. The van der Waals surface area contributed by atoms with Crippen LogP contribution in [0, 0.1) is 75.1 Å². The number of aryl methyl sites for hydroxylation is 4. The first kappa shape index (κ1) is 49.3. The van der Waals surface area contributed by atoms with Crippen LogP contribution in [0.3, 0.4) is 0 Å². The van der Waals surface area contributed by atoms with Gasteiger partial charge in [0.15, 0.2) is 0 Å². The fourth-order valence-electron chi connectivity index (χ4n) is 8.30. The number of hydrogen-bond acceptors (Lipinski definition) is 10. The van der Waals surface area contributed by atoms with Crippen molar-refractivity contribution in [2.24, 2.45) is 0 Å². The number of hydrogen-bond donors (Lipinski definition) is 0. The van der Waals surface area contributed by atoms with E-state index in [1.54, 1.807) is 30.3 Å². The molecule has 0 bridgehead atoms. The zero-order valence-electron chi connectivity index (χ0n) is 40.2. The molecular weight excluding hydrogens is 963 g/mol. The molecule has 0 saturated heterocycles. The zero-order chi connectivity index (χ0) is 51.9. The number of aromatic nitrogens is 4. The van der Waals surface area contributed by atoms with Crippen LogP contribution in [0.5, 0.6) is 0 Å². The molecule has 0 aliphatic carbocycles. The standard InChI is InChI=1S/2C30H20FN5S/c1-19-4-10-24(11-5-19)36(25-12-6-20(2)7-13-25)28-15-9-21(17-27(28)31)26-14-8-22(16-23(18-32)33-3)29-30(26)35-37-34-29;1-19-4-9-23(10-5-19)36(24-11-6-20(2)7-12-24)25-13-15-26(28(31)17-25)27-14-8-21(16-22(18-32)33-3)29-30(27)35-37-34-29/h2*4-17H,1-2H3/b23-16-;22-16-. The molecule has 0 fully saturated rings. The molecule has 2 aromatic heterocycles. The molecule has 0 aliphatic rings. The highest BCUT2D eigenvalue weighted by molar-refractivity contribution is 7.00. The average Bonchev–Trinajstić information content (AvgIpc) is 4.13. The highest BCUT2D eigenvalue weighted by Crippen LogP contribution is 2.41. The van der Waals surface area contributed by atoms with Crippen molar-refractivity contribution >= 4 is 91.8 Å². The van der Waals surface area contributed by atoms with Gasteiger partial charge in [-0.1, -0.05) is 101 Å². The molecule has 0 amide bonds. The van der Waals surface area contributed by atoms with Crippen molar-refractivity contribution in [3.05, 3.63) is 237 Å². The average molecular weight is 1000 g/mol. The van der Waals surface area contributed by atoms with Crippen LogP contribution in [-0.4, -0.2) is 17.5 Å². The van der Waals surface area contributed by atoms with Gasteiger partial charge in [-0.25, -0.2) is 29.0 Å². The van der Waals surface area contributed by atoms with Crippen LogP contribution in [0.4, 0.5) is 42.9 Å². The van der Waals surface area contributed by atoms with E-state index in [0.717, 1.165) is 74.0 Å². The molecule has 0 aliphatic heterocycles. The summed E-state index contributed by atoms with van der Waals surface area (Å²) < 4.78 is 49.1. The maximum Gasteiger partial charge on any atom is 0.262 e. The number of allylic oxidation sites excluding steroid dienone is 2. The van der Waals surface area contributed by atoms with Gasteiger partial charge in [0.05, 0.1) is 54.4 Å². The summed E-state index contributed by atoms with van der Waals surface area (Å²) in [5.74, 6) is -0.767. The molecule has 10 rings (SSSR count). The Kier molecular flexibility index (Phi) is 14.5. The second-order valence-electron chi connectivity index (χ2n) is 17.2. The summed E-state index contributed by atoms with van der Waals surface area (Å²) in [6.07, 6.45) is 2.96. The Hall–Kier alpha value is -9.70. The molecule has 0 spiro atoms. The van der Waals surface area contributed by atoms with Gasteiger partial charge < -0.3 is 9.80 Å². The second kappa shape index (κ2) is 21.7. The van der Waals surface area contributed by atoms with Crippen molar-refractivity contribution < 1.29 is 8.78 Å². The fourth-order valence-corrected chi connectivity index (χ4v) is 9.46. The van der Waals surface area contributed by atoms with Gasteiger partial charge in [-0.05, 0) is 135 Å². The largest absolute Gasteiger partial charge is 0.310 e. The van der Waals surface area contributed by atoms with E-state index in [4.69, 9.17) is 23.7 Å². The summed E-state index contributed by atoms with van der Waals surface area (Å²) in [5, 5.41) is 18.2. The first-order valence-electron chi connectivity index (χ1n) is 22.9. The summed E-state index contributed by atoms with van der Waals surface area (Å²) in [7, 11) is 0. The van der Waals surface area contributed by atoms with E-state index >= 15 is 8.78 Å². The minimum atomic E-state index is -0.391. The number of nitrogens with zero attached hydrogens (tertiary/aromatic N) is 10. The van der Waals surface area contributed by atoms with E-state index in [-0.39, 0.29) is 17.2 Å². The van der Waals surface area contributed by atoms with Crippen molar-refractivity contribution in [3.8, 4) is 34.4 Å². The number of anilines is 6. The summed E-state index contributed by atoms with van der Waals surface area (Å²) in [6.45, 7) is 22.4. The van der Waals surface area contributed by atoms with Crippen molar-refractivity contribution in [3.63, 3.8) is 0 Å². The number of benzene rings is 8. The molecule has 2 heterocycles. The van der Waals surface area contributed by atoms with Crippen molar-refractivity contribution in [2.75, 3.05) is 9.80 Å². The number of fused-ring (bicyclic) bond motifs is 2. The van der Waals surface area contributed by atoms with Gasteiger partial charge in [0.2, 0.25) is 0 Å². The predicted molar refractivity (Wildman–Crippen MR) is 294 cm³/mol. The number of nitriles is 2. The molecular formula is C60H40F2N10S2. The van der Waals surface area contributed by atoms with Gasteiger partial charge in [-0.15, -0.1) is 0 Å². The zero-order valence-corrected chi connectivity index (χ0v) is 41.8. The molecule has 74 heavy (non-hydrogen) atoms. The molecule has 0 radical (unpaired) electrons. The first-order chi connectivity index (χ1) is 36.0. The normalized spacial score (nSPS) is 11.2. The van der Waals surface area contributed by atoms with Crippen LogP contribution < -0.4 is 9.80 Å². The maximum absolute atomic E-state index is 15.8. The molecule has 14 heteroatoms. The summed E-state index contributed by atoms with van der Waals surface area (Å²) >= 11 is 2.04. The SMILES string of the molecule is [C-]#[N+]/C(C#N)=C\c1ccc(-c2ccc(N(c3ccc(C)cc3)c3ccc(C)cc3)c(F)c2)c2nsnc12.[C-]#[N+]/C(C#N)=C\c1ccc(-c2ccc(N(c3ccc(C)cc3)c3ccc(C)cc3)cc2F)c2nsnc12. The van der Waals surface area contributed by atoms with E-state index in [2.05, 4.69) is 27.2 Å². The van der Waals surface area contributed by atoms with Crippen molar-refractivity contribution in [1.82, 2.24) is 17.5 Å². The van der Waals surface area contributed by atoms with Crippen LogP contribution >= 0.6 is 23.5 Å². The van der Waals surface area contributed by atoms with Gasteiger partial charge in [-0.2, -0.15) is 17.5 Å². The van der Waals surface area contributed by atoms with Crippen molar-refractivity contribution in [1.29, 1.82) is 10.5 Å². The van der Waals surface area contributed by atoms with Gasteiger partial charge >= 0.3 is 0 Å². The molecule has 0 atom stereocenters. The minimum absolute atomic E-state index is 0.0373. The Labute approximate surface area is 435 Å². The first-order valence-corrected chi connectivity index (χ1v) is 24.4. The summed E-state index contributed by atoms with van der Waals surface area (Å²) in [4.78, 5) is 10.4. The van der Waals surface area contributed by atoms with E-state index in [1.807, 2.05) is 165 Å². The van der Waals surface area contributed by atoms with Gasteiger partial charge in [0.25, 0.3) is 11.4 Å². The van der Waals surface area contributed by atoms with E-state index in [0.29, 0.717) is 61.3 Å². The van der Waals surface area contributed by atoms with Crippen LogP contribution in [-0.2, 0) is 0 Å². The molecule has 8 aromatic carbocycles. The Balaban J connectivity index is 0.000000182. The highest BCUT2D eigenvalue weighted by Gasteiger charge is 2.21. The van der Waals surface area contributed by atoms with Crippen LogP contribution in [0.2, 0.25) is 0 Å². The lowest BCUT2D eigenvalue weighted by molar-refractivity contribution is 0.629. The van der Waals surface area contributed by atoms with Crippen LogP contribution in [0.15, 0.2) is 169 Å². The minimum Gasteiger partial charge on any atom is -0.310 e. The Morgan fingerprint density at radius 1 is 0.459 bits per heavy atom. The third kappa shape index (κ3) is 10.4. The van der Waals surface area contributed by atoms with Gasteiger partial charge in [0.1, 0.15) is 33.7 Å². The van der Waals surface area contributed by atoms with Crippen LogP contribution in [0.25, 0.3) is 66.2 Å². The molecule has 356 valence electrons. The topological polar surface area (TPSA) is 114 Å². The third-order valence-corrected chi connectivity index (χ3v) is 13.2. The molecule has 10 aromatic rings. The molecule has 0 saturated carbocycles. The smallest absolute Gasteiger partial charge is 0.262 e. The van der Waals surface area contributed by atoms with Crippen molar-refractivity contribution in [2.45, 2.75) is 27.7 Å². The van der Waals surface area contributed by atoms with E-state index < -0.39 is 5.82 Å². The molecule has 0 N–H and O–H groups in total. The van der Waals surface area contributed by atoms with Gasteiger partial charge in [-0.3, -0.25) is 0 Å². The Bertz CT molecular complexity index is 3840. The number of rotatable bonds is 10.